The lowest BCUT2D eigenvalue weighted by molar-refractivity contribution is -0.137. The van der Waals surface area contributed by atoms with Gasteiger partial charge in [0.2, 0.25) is 59.1 Å². The number of aliphatic hydroxyl groups excluding tert-OH is 1. The number of fused-ring (bicyclic) bond motifs is 5. The second-order valence-electron chi connectivity index (χ2n) is 27.8. The summed E-state index contributed by atoms with van der Waals surface area (Å²) >= 11 is 0. The summed E-state index contributed by atoms with van der Waals surface area (Å²) in [5.41, 5.74) is 36.2. The van der Waals surface area contributed by atoms with Crippen molar-refractivity contribution in [2.45, 2.75) is 151 Å². The number of H-pyrrole nitrogens is 5. The maximum Gasteiger partial charge on any atom is 0.245 e. The van der Waals surface area contributed by atoms with Crippen molar-refractivity contribution < 1.29 is 53.1 Å². The number of benzene rings is 5. The molecule has 111 heavy (non-hydrogen) atoms. The molecule has 0 saturated heterocycles. The number of guanidine groups is 1. The first-order chi connectivity index (χ1) is 53.6. The van der Waals surface area contributed by atoms with E-state index in [2.05, 4.69) is 78.1 Å². The van der Waals surface area contributed by atoms with Crippen LogP contribution < -0.4 is 81.8 Å². The Kier molecular flexibility index (Phi) is 28.6. The van der Waals surface area contributed by atoms with Gasteiger partial charge in [-0.3, -0.25) is 53.4 Å². The molecule has 0 unspecified atom stereocenters. The Hall–Kier alpha value is -12.4. The molecule has 0 bridgehead atoms. The highest BCUT2D eigenvalue weighted by Gasteiger charge is 2.38. The number of aromatic amines is 5. The van der Waals surface area contributed by atoms with E-state index in [1.54, 1.807) is 49.2 Å². The van der Waals surface area contributed by atoms with E-state index in [1.807, 2.05) is 103 Å². The van der Waals surface area contributed by atoms with Gasteiger partial charge in [0.05, 0.1) is 12.6 Å². The quantitative estimate of drug-likeness (QED) is 0.0146. The first-order valence-corrected chi connectivity index (χ1v) is 37.2. The third-order valence-electron chi connectivity index (χ3n) is 19.7. The molecule has 10 atom stereocenters. The smallest absolute Gasteiger partial charge is 0.245 e. The molecule has 0 radical (unpaired) electrons. The molecule has 0 aliphatic carbocycles. The third kappa shape index (κ3) is 21.7. The Balaban J connectivity index is 0.903. The van der Waals surface area contributed by atoms with Crippen LogP contribution in [0.15, 0.2) is 152 Å². The number of hydrogen-bond donors (Lipinski definition) is 22. The van der Waals surface area contributed by atoms with Crippen LogP contribution in [0.25, 0.3) is 54.5 Å². The van der Waals surface area contributed by atoms with Gasteiger partial charge in [-0.15, -0.1) is 0 Å². The Morgan fingerprint density at radius 2 is 0.631 bits per heavy atom. The summed E-state index contributed by atoms with van der Waals surface area (Å²) in [5.74, 6) is -8.76. The molecule has 32 heteroatoms. The lowest BCUT2D eigenvalue weighted by Crippen LogP contribution is -2.62. The average Bonchev–Trinajstić information content (AvgIpc) is 1.75. The van der Waals surface area contributed by atoms with E-state index in [1.165, 1.54) is 6.92 Å². The van der Waals surface area contributed by atoms with Crippen LogP contribution in [0.1, 0.15) is 86.1 Å². The summed E-state index contributed by atoms with van der Waals surface area (Å²) in [4.78, 5) is 162. The number of nitrogens with one attached hydrogen (secondary N) is 16. The number of carbonyl (C=O) groups excluding carboxylic acids is 10. The molecule has 5 aromatic carbocycles. The van der Waals surface area contributed by atoms with Gasteiger partial charge in [0.25, 0.3) is 0 Å². The minimum atomic E-state index is -1.77. The van der Waals surface area contributed by atoms with Crippen LogP contribution in [0, 0.1) is 5.41 Å². The van der Waals surface area contributed by atoms with Crippen molar-refractivity contribution >= 4 is 120 Å². The van der Waals surface area contributed by atoms with Crippen molar-refractivity contribution in [2.75, 3.05) is 26.2 Å². The van der Waals surface area contributed by atoms with Gasteiger partial charge in [-0.05, 0) is 130 Å². The van der Waals surface area contributed by atoms with Gasteiger partial charge >= 0.3 is 0 Å². The number of aromatic nitrogens is 5. The van der Waals surface area contributed by atoms with Gasteiger partial charge in [-0.2, -0.15) is 0 Å². The summed E-state index contributed by atoms with van der Waals surface area (Å²) in [6, 6.07) is 23.7. The van der Waals surface area contributed by atoms with E-state index in [0.29, 0.717) is 58.0 Å². The number of carbonyl (C=O) groups is 10. The number of para-hydroxylation sites is 5. The summed E-state index contributed by atoms with van der Waals surface area (Å²) in [7, 11) is 0. The number of nitrogens with two attached hydrogens (primary N) is 5. The molecule has 0 saturated carbocycles. The van der Waals surface area contributed by atoms with Crippen LogP contribution in [-0.2, 0) is 80.0 Å². The van der Waals surface area contributed by atoms with Crippen LogP contribution in [0.2, 0.25) is 0 Å². The first-order valence-electron chi connectivity index (χ1n) is 37.2. The maximum absolute atomic E-state index is 15.3. The molecule has 10 amide bonds. The summed E-state index contributed by atoms with van der Waals surface area (Å²) < 4.78 is 0. The van der Waals surface area contributed by atoms with Crippen molar-refractivity contribution in [3.63, 3.8) is 0 Å². The van der Waals surface area contributed by atoms with Crippen molar-refractivity contribution in [2.24, 2.45) is 28.7 Å². The number of unbranched alkanes of at least 4 members (excludes halogenated alkanes) is 2. The molecule has 0 spiro atoms. The highest BCUT2D eigenvalue weighted by Crippen LogP contribution is 2.26. The molecule has 10 rings (SSSR count). The number of amides is 10. The normalized spacial score (nSPS) is 14.2. The molecule has 10 aromatic rings. The largest absolute Gasteiger partial charge is 0.391 e. The first kappa shape index (κ1) is 81.1. The molecule has 27 N–H and O–H groups in total. The topological polar surface area (TPSA) is 544 Å². The minimum absolute atomic E-state index is 0.00457. The van der Waals surface area contributed by atoms with E-state index in [0.717, 1.165) is 43.6 Å². The lowest BCUT2D eigenvalue weighted by atomic mass is 10.0. The zero-order valence-electron chi connectivity index (χ0n) is 61.6. The van der Waals surface area contributed by atoms with Gasteiger partial charge < -0.3 is 112 Å². The van der Waals surface area contributed by atoms with Crippen molar-refractivity contribution in [1.82, 2.24) is 78.1 Å². The van der Waals surface area contributed by atoms with Crippen molar-refractivity contribution in [3.8, 4) is 0 Å². The van der Waals surface area contributed by atoms with E-state index in [-0.39, 0.29) is 89.8 Å². The van der Waals surface area contributed by atoms with Crippen molar-refractivity contribution in [1.29, 1.82) is 5.41 Å². The second-order valence-corrected chi connectivity index (χ2v) is 27.8. The molecule has 5 aromatic heterocycles. The standard InChI is InChI=1S/C79H99N21O11/c1-44(101)69(78(111)99-67(37-49-43-91-59-26-11-6-21-54(49)59)77(110)96-63(70(83)103)33-45-39-87-55-22-7-2-17-50(45)55)100-73(106)61(28-13-15-31-81)95-75(108)65(35-47-41-89-57-24-9-4-19-52(47)57)97-72(105)62(29-16-32-86-79(84)85)93-71(104)60(27-12-14-30-80)94-76(109)66(36-48-42-90-58-25-10-5-20-53(48)58)98-74(107)64(92-68(102)38-82)34-46-40-88-56-23-8-3-18-51(46)56/h2-11,17-26,39-44,60-67,69,87-91,101H,12-16,27-38,80-82H2,1H3,(H2,83,103)(H,92,102)(H,93,104)(H,94,109)(H,95,108)(H,96,110)(H,97,105)(H,98,107)(H,99,111)(H,100,106)(H4,84,85,86)/t44-,60+,61+,62+,63+,64+,65+,66+,67+,69+/m1/s1. The summed E-state index contributed by atoms with van der Waals surface area (Å²) in [6.07, 6.45) is 7.61. The van der Waals surface area contributed by atoms with Gasteiger partial charge in [-0.25, -0.2) is 0 Å². The Labute approximate surface area is 639 Å². The monoisotopic (exact) mass is 1520 g/mol. The zero-order valence-corrected chi connectivity index (χ0v) is 61.6. The highest BCUT2D eigenvalue weighted by atomic mass is 16.3. The van der Waals surface area contributed by atoms with Crippen LogP contribution in [0.4, 0.5) is 0 Å². The minimum Gasteiger partial charge on any atom is -0.391 e. The third-order valence-corrected chi connectivity index (χ3v) is 19.7. The molecule has 0 aliphatic rings. The van der Waals surface area contributed by atoms with Crippen molar-refractivity contribution in [3.05, 3.63) is 180 Å². The fourth-order valence-electron chi connectivity index (χ4n) is 13.8. The summed E-state index contributed by atoms with van der Waals surface area (Å²) in [5, 5.41) is 50.7. The fraction of sp³-hybridized carbons (Fsp3) is 0.354. The molecule has 5 heterocycles. The number of primary amides is 1. The van der Waals surface area contributed by atoms with E-state index >= 15 is 19.2 Å². The highest BCUT2D eigenvalue weighted by molar-refractivity contribution is 6.00. The van der Waals surface area contributed by atoms with Crippen LogP contribution in [-0.4, -0.2) is 182 Å². The van der Waals surface area contributed by atoms with E-state index in [9.17, 15) is 33.9 Å². The lowest BCUT2D eigenvalue weighted by Gasteiger charge is -2.29. The predicted molar refractivity (Wildman–Crippen MR) is 422 cm³/mol. The van der Waals surface area contributed by atoms with E-state index in [4.69, 9.17) is 34.1 Å². The number of rotatable bonds is 42. The van der Waals surface area contributed by atoms with Gasteiger partial charge in [0, 0.05) is 124 Å². The van der Waals surface area contributed by atoms with Crippen LogP contribution in [0.3, 0.4) is 0 Å². The van der Waals surface area contributed by atoms with Gasteiger partial charge in [0.15, 0.2) is 5.96 Å². The fourth-order valence-corrected chi connectivity index (χ4v) is 13.8. The molecule has 0 aliphatic heterocycles. The molecule has 586 valence electrons. The molecule has 0 fully saturated rings. The van der Waals surface area contributed by atoms with Crippen LogP contribution >= 0.6 is 0 Å². The molecule has 32 nitrogen and oxygen atoms in total. The zero-order chi connectivity index (χ0) is 79.1. The predicted octanol–water partition coefficient (Wildman–Crippen LogP) is 1.32. The second kappa shape index (κ2) is 39.1. The average molecular weight is 1520 g/mol. The number of hydrogen-bond acceptors (Lipinski definition) is 15. The molecular weight excluding hydrogens is 1420 g/mol. The SMILES string of the molecule is C[C@@H](O)[C@H](NC(=O)[C@H](CCCCN)NC(=O)[C@H](Cc1c[nH]c2ccccc12)NC(=O)[C@H](CCCNC(=N)N)NC(=O)[C@H](CCCCN)NC(=O)[C@H](Cc1c[nH]c2ccccc12)NC(=O)[C@H](Cc1c[nH]c2ccccc12)NC(=O)CN)C(=O)N[C@@H](Cc1c[nH]c2ccccc12)C(=O)N[C@@H](Cc1c[nH]c2ccccc12)C(N)=O. The van der Waals surface area contributed by atoms with Gasteiger partial charge in [0.1, 0.15) is 54.4 Å². The van der Waals surface area contributed by atoms with Crippen LogP contribution in [0.5, 0.6) is 0 Å². The Bertz CT molecular complexity index is 4920. The molecular formula is C79H99N21O11. The summed E-state index contributed by atoms with van der Waals surface area (Å²) in [6.45, 7) is 1.28. The van der Waals surface area contributed by atoms with E-state index < -0.39 is 126 Å². The Morgan fingerprint density at radius 3 is 0.937 bits per heavy atom. The maximum atomic E-state index is 15.3. The Morgan fingerprint density at radius 1 is 0.360 bits per heavy atom. The van der Waals surface area contributed by atoms with Gasteiger partial charge in [-0.1, -0.05) is 91.0 Å². The number of aliphatic hydroxyl groups is 1.